The molecule has 1 aromatic heterocycles. The normalized spacial score (nSPS) is 11.2. The number of halogens is 2. The van der Waals surface area contributed by atoms with Crippen molar-refractivity contribution in [3.63, 3.8) is 0 Å². The van der Waals surface area contributed by atoms with Crippen LogP contribution in [0.4, 0.5) is 26.0 Å². The van der Waals surface area contributed by atoms with Crippen molar-refractivity contribution >= 4 is 27.2 Å². The molecule has 0 amide bonds. The maximum atomic E-state index is 13.0. The molecule has 2 rings (SSSR count). The second-order valence-electron chi connectivity index (χ2n) is 4.06. The van der Waals surface area contributed by atoms with E-state index < -0.39 is 21.7 Å². The quantitative estimate of drug-likeness (QED) is 0.910. The summed E-state index contributed by atoms with van der Waals surface area (Å²) in [6, 6.07) is 6.37. The van der Waals surface area contributed by atoms with Gasteiger partial charge in [-0.05, 0) is 24.3 Å². The van der Waals surface area contributed by atoms with Gasteiger partial charge in [-0.15, -0.1) is 0 Å². The van der Waals surface area contributed by atoms with Gasteiger partial charge in [0, 0.05) is 11.8 Å². The van der Waals surface area contributed by atoms with Crippen molar-refractivity contribution in [2.45, 2.75) is 0 Å². The summed E-state index contributed by atoms with van der Waals surface area (Å²) >= 11 is 0. The molecule has 5 nitrogen and oxygen atoms in total. The summed E-state index contributed by atoms with van der Waals surface area (Å²) in [4.78, 5) is 3.96. The Morgan fingerprint density at radius 2 is 1.75 bits per heavy atom. The first-order valence-corrected chi connectivity index (χ1v) is 7.38. The van der Waals surface area contributed by atoms with Crippen molar-refractivity contribution in [3.05, 3.63) is 48.2 Å². The van der Waals surface area contributed by atoms with Crippen LogP contribution in [0.15, 0.2) is 36.5 Å². The summed E-state index contributed by atoms with van der Waals surface area (Å²) in [5.41, 5.74) is 0.642. The fourth-order valence-corrected chi connectivity index (χ4v) is 2.01. The molecular weight excluding hydrogens is 288 g/mol. The van der Waals surface area contributed by atoms with Crippen LogP contribution in [-0.4, -0.2) is 19.7 Å². The van der Waals surface area contributed by atoms with Gasteiger partial charge in [0.1, 0.15) is 5.82 Å². The molecule has 0 bridgehead atoms. The minimum absolute atomic E-state index is 0.309. The number of nitrogens with zero attached hydrogens (tertiary/aromatic N) is 1. The van der Waals surface area contributed by atoms with Crippen LogP contribution in [0.25, 0.3) is 0 Å². The highest BCUT2D eigenvalue weighted by Crippen LogP contribution is 2.18. The Labute approximate surface area is 114 Å². The molecule has 0 aliphatic carbocycles. The largest absolute Gasteiger partial charge is 0.340 e. The van der Waals surface area contributed by atoms with E-state index in [1.807, 2.05) is 0 Å². The molecule has 2 N–H and O–H groups in total. The van der Waals surface area contributed by atoms with Gasteiger partial charge in [0.15, 0.2) is 11.6 Å². The highest BCUT2D eigenvalue weighted by Gasteiger charge is 2.05. The molecule has 0 fully saturated rings. The van der Waals surface area contributed by atoms with E-state index in [0.717, 1.165) is 18.4 Å². The zero-order valence-corrected chi connectivity index (χ0v) is 11.2. The summed E-state index contributed by atoms with van der Waals surface area (Å²) < 4.78 is 50.1. The van der Waals surface area contributed by atoms with E-state index >= 15 is 0 Å². The molecule has 1 aromatic carbocycles. The summed E-state index contributed by atoms with van der Waals surface area (Å²) in [6.07, 6.45) is 2.34. The van der Waals surface area contributed by atoms with Crippen molar-refractivity contribution in [1.29, 1.82) is 0 Å². The number of sulfonamides is 1. The highest BCUT2D eigenvalue weighted by molar-refractivity contribution is 7.92. The number of rotatable bonds is 4. The number of hydrogen-bond donors (Lipinski definition) is 2. The van der Waals surface area contributed by atoms with Gasteiger partial charge in [0.25, 0.3) is 0 Å². The van der Waals surface area contributed by atoms with Gasteiger partial charge in [0.05, 0.1) is 18.1 Å². The maximum absolute atomic E-state index is 13.0. The summed E-state index contributed by atoms with van der Waals surface area (Å²) in [7, 11) is -3.36. The lowest BCUT2D eigenvalue weighted by molar-refractivity contribution is 0.509. The van der Waals surface area contributed by atoms with Crippen LogP contribution in [0.1, 0.15) is 0 Å². The Balaban J connectivity index is 2.12. The topological polar surface area (TPSA) is 71.1 Å². The maximum Gasteiger partial charge on any atom is 0.229 e. The van der Waals surface area contributed by atoms with Crippen molar-refractivity contribution < 1.29 is 17.2 Å². The first-order valence-electron chi connectivity index (χ1n) is 5.49. The van der Waals surface area contributed by atoms with E-state index in [0.29, 0.717) is 17.2 Å². The molecule has 0 saturated heterocycles. The molecule has 0 radical (unpaired) electrons. The van der Waals surface area contributed by atoms with E-state index in [9.17, 15) is 17.2 Å². The first-order chi connectivity index (χ1) is 9.33. The van der Waals surface area contributed by atoms with E-state index in [2.05, 4.69) is 15.0 Å². The second kappa shape index (κ2) is 5.41. The molecule has 2 aromatic rings. The van der Waals surface area contributed by atoms with Crippen LogP contribution in [0.2, 0.25) is 0 Å². The molecule has 0 unspecified atom stereocenters. The molecule has 0 aliphatic rings. The van der Waals surface area contributed by atoms with Crippen molar-refractivity contribution in [1.82, 2.24) is 4.98 Å². The standard InChI is InChI=1S/C12H11F2N3O2S/c1-20(18,19)17-9-3-5-12(15-7-9)16-8-2-4-10(13)11(14)6-8/h2-7,17H,1H3,(H,15,16). The Morgan fingerprint density at radius 1 is 1.05 bits per heavy atom. The molecule has 1 heterocycles. The van der Waals surface area contributed by atoms with Gasteiger partial charge in [0.2, 0.25) is 10.0 Å². The number of hydrogen-bond acceptors (Lipinski definition) is 4. The Bertz CT molecular complexity index is 718. The SMILES string of the molecule is CS(=O)(=O)Nc1ccc(Nc2ccc(F)c(F)c2)nc1. The Morgan fingerprint density at radius 3 is 2.30 bits per heavy atom. The van der Waals surface area contributed by atoms with E-state index in [1.165, 1.54) is 24.4 Å². The van der Waals surface area contributed by atoms with Gasteiger partial charge >= 0.3 is 0 Å². The predicted octanol–water partition coefficient (Wildman–Crippen LogP) is 2.47. The van der Waals surface area contributed by atoms with Crippen molar-refractivity contribution in [2.75, 3.05) is 16.3 Å². The van der Waals surface area contributed by atoms with Crippen LogP contribution >= 0.6 is 0 Å². The van der Waals surface area contributed by atoms with Gasteiger partial charge in [-0.1, -0.05) is 0 Å². The number of benzene rings is 1. The lowest BCUT2D eigenvalue weighted by Gasteiger charge is -2.07. The van der Waals surface area contributed by atoms with E-state index in [4.69, 9.17) is 0 Å². The molecule has 0 spiro atoms. The molecular formula is C12H11F2N3O2S. The zero-order valence-electron chi connectivity index (χ0n) is 10.4. The smallest absolute Gasteiger partial charge is 0.229 e. The molecule has 106 valence electrons. The number of aromatic nitrogens is 1. The minimum atomic E-state index is -3.36. The zero-order chi connectivity index (χ0) is 14.8. The lowest BCUT2D eigenvalue weighted by Crippen LogP contribution is -2.09. The second-order valence-corrected chi connectivity index (χ2v) is 5.81. The fourth-order valence-electron chi connectivity index (χ4n) is 1.46. The molecule has 20 heavy (non-hydrogen) atoms. The van der Waals surface area contributed by atoms with Crippen LogP contribution in [-0.2, 0) is 10.0 Å². The number of anilines is 3. The third-order valence-corrected chi connectivity index (χ3v) is 2.87. The molecule has 0 aliphatic heterocycles. The Kier molecular flexibility index (Phi) is 3.84. The summed E-state index contributed by atoms with van der Waals surface area (Å²) in [5.74, 6) is -1.53. The van der Waals surface area contributed by atoms with Crippen molar-refractivity contribution in [2.24, 2.45) is 0 Å². The van der Waals surface area contributed by atoms with E-state index in [1.54, 1.807) is 0 Å². The molecule has 0 saturated carbocycles. The van der Waals surface area contributed by atoms with Crippen LogP contribution in [0.5, 0.6) is 0 Å². The number of nitrogens with one attached hydrogen (secondary N) is 2. The summed E-state index contributed by atoms with van der Waals surface area (Å²) in [6.45, 7) is 0. The third kappa shape index (κ3) is 3.89. The van der Waals surface area contributed by atoms with E-state index in [-0.39, 0.29) is 0 Å². The van der Waals surface area contributed by atoms with Crippen LogP contribution in [0.3, 0.4) is 0 Å². The fraction of sp³-hybridized carbons (Fsp3) is 0.0833. The monoisotopic (exact) mass is 299 g/mol. The first kappa shape index (κ1) is 14.2. The average molecular weight is 299 g/mol. The third-order valence-electron chi connectivity index (χ3n) is 2.26. The Hall–Kier alpha value is -2.22. The van der Waals surface area contributed by atoms with Crippen LogP contribution < -0.4 is 10.0 Å². The van der Waals surface area contributed by atoms with Gasteiger partial charge in [-0.25, -0.2) is 22.2 Å². The number of pyridine rings is 1. The van der Waals surface area contributed by atoms with Gasteiger partial charge < -0.3 is 5.32 Å². The summed E-state index contributed by atoms with van der Waals surface area (Å²) in [5, 5.41) is 2.77. The predicted molar refractivity (Wildman–Crippen MR) is 72.3 cm³/mol. The minimum Gasteiger partial charge on any atom is -0.340 e. The van der Waals surface area contributed by atoms with Gasteiger partial charge in [-0.2, -0.15) is 0 Å². The van der Waals surface area contributed by atoms with Gasteiger partial charge in [-0.3, -0.25) is 4.72 Å². The molecule has 0 atom stereocenters. The molecule has 8 heteroatoms. The van der Waals surface area contributed by atoms with Crippen LogP contribution in [0, 0.1) is 11.6 Å². The highest BCUT2D eigenvalue weighted by atomic mass is 32.2. The van der Waals surface area contributed by atoms with Crippen molar-refractivity contribution in [3.8, 4) is 0 Å². The lowest BCUT2D eigenvalue weighted by atomic mass is 10.3. The average Bonchev–Trinajstić information content (AvgIpc) is 2.35.